The molecule has 1 saturated carbocycles. The van der Waals surface area contributed by atoms with Crippen molar-refractivity contribution in [1.29, 1.82) is 0 Å². The van der Waals surface area contributed by atoms with Crippen LogP contribution < -0.4 is 5.32 Å². The number of aromatic nitrogens is 2. The summed E-state index contributed by atoms with van der Waals surface area (Å²) in [7, 11) is 1.92. The predicted molar refractivity (Wildman–Crippen MR) is 117 cm³/mol. The molecule has 1 aromatic heterocycles. The van der Waals surface area contributed by atoms with Crippen molar-refractivity contribution in [2.45, 2.75) is 37.5 Å². The maximum absolute atomic E-state index is 13.1. The zero-order valence-electron chi connectivity index (χ0n) is 16.7. The van der Waals surface area contributed by atoms with Crippen LogP contribution in [-0.2, 0) is 23.7 Å². The molecule has 0 bridgehead atoms. The number of amides is 1. The summed E-state index contributed by atoms with van der Waals surface area (Å²) >= 11 is 6.04. The molecule has 0 radical (unpaired) electrons. The van der Waals surface area contributed by atoms with Gasteiger partial charge in [0.15, 0.2) is 0 Å². The van der Waals surface area contributed by atoms with Gasteiger partial charge in [-0.3, -0.25) is 9.48 Å². The quantitative estimate of drug-likeness (QED) is 0.631. The van der Waals surface area contributed by atoms with E-state index in [1.165, 1.54) is 5.56 Å². The molecular formula is C24H26ClN3O. The summed E-state index contributed by atoms with van der Waals surface area (Å²) in [6.45, 7) is 0.639. The Hall–Kier alpha value is -2.59. The number of hydrogen-bond acceptors (Lipinski definition) is 2. The van der Waals surface area contributed by atoms with E-state index in [0.717, 1.165) is 48.8 Å². The Morgan fingerprint density at radius 3 is 2.38 bits per heavy atom. The zero-order chi connectivity index (χ0) is 20.3. The molecule has 0 aliphatic heterocycles. The van der Waals surface area contributed by atoms with E-state index in [1.807, 2.05) is 43.7 Å². The first-order valence-electron chi connectivity index (χ1n) is 10.2. The third-order valence-corrected chi connectivity index (χ3v) is 6.23. The lowest BCUT2D eigenvalue weighted by atomic mass is 9.78. The number of hydrogen-bond donors (Lipinski definition) is 1. The molecule has 1 aliphatic carbocycles. The third-order valence-electron chi connectivity index (χ3n) is 5.98. The fourth-order valence-electron chi connectivity index (χ4n) is 4.32. The fourth-order valence-corrected chi connectivity index (χ4v) is 4.44. The van der Waals surface area contributed by atoms with Crippen LogP contribution in [0, 0.1) is 0 Å². The van der Waals surface area contributed by atoms with Gasteiger partial charge >= 0.3 is 0 Å². The number of rotatable bonds is 6. The monoisotopic (exact) mass is 407 g/mol. The zero-order valence-corrected chi connectivity index (χ0v) is 17.5. The van der Waals surface area contributed by atoms with Gasteiger partial charge in [-0.15, -0.1) is 0 Å². The Morgan fingerprint density at radius 2 is 1.76 bits per heavy atom. The first kappa shape index (κ1) is 19.7. The van der Waals surface area contributed by atoms with Crippen molar-refractivity contribution in [3.05, 3.63) is 77.1 Å². The first-order valence-corrected chi connectivity index (χ1v) is 10.6. The summed E-state index contributed by atoms with van der Waals surface area (Å²) in [4.78, 5) is 13.1. The van der Waals surface area contributed by atoms with Gasteiger partial charge in [0, 0.05) is 30.4 Å². The molecule has 1 N–H and O–H groups in total. The van der Waals surface area contributed by atoms with Crippen LogP contribution in [0.4, 0.5) is 0 Å². The minimum atomic E-state index is -0.408. The lowest BCUT2D eigenvalue weighted by Gasteiger charge is -2.28. The van der Waals surface area contributed by atoms with Crippen molar-refractivity contribution in [1.82, 2.24) is 15.1 Å². The van der Waals surface area contributed by atoms with Crippen LogP contribution in [0.2, 0.25) is 5.02 Å². The van der Waals surface area contributed by atoms with E-state index in [1.54, 1.807) is 4.68 Å². The smallest absolute Gasteiger partial charge is 0.230 e. The molecule has 1 amide bonds. The highest BCUT2D eigenvalue weighted by atomic mass is 35.5. The van der Waals surface area contributed by atoms with Crippen LogP contribution in [0.3, 0.4) is 0 Å². The topological polar surface area (TPSA) is 46.9 Å². The number of nitrogens with one attached hydrogen (secondary N) is 1. The summed E-state index contributed by atoms with van der Waals surface area (Å²) in [6, 6.07) is 16.2. The average Bonchev–Trinajstić information content (AvgIpc) is 3.39. The molecule has 0 unspecified atom stereocenters. The number of halogens is 1. The molecule has 1 aliphatic rings. The molecule has 0 atom stereocenters. The second-order valence-corrected chi connectivity index (χ2v) is 8.34. The average molecular weight is 408 g/mol. The number of carbonyl (C=O) groups excluding carboxylic acids is 1. The maximum Gasteiger partial charge on any atom is 0.230 e. The molecule has 4 rings (SSSR count). The van der Waals surface area contributed by atoms with Crippen LogP contribution in [0.5, 0.6) is 0 Å². The number of nitrogens with zero attached hydrogens (tertiary/aromatic N) is 2. The highest BCUT2D eigenvalue weighted by Crippen LogP contribution is 2.41. The van der Waals surface area contributed by atoms with Crippen LogP contribution in [0.15, 0.2) is 60.9 Å². The third kappa shape index (κ3) is 4.23. The summed E-state index contributed by atoms with van der Waals surface area (Å²) in [5.74, 6) is 0.143. The number of carbonyl (C=O) groups is 1. The van der Waals surface area contributed by atoms with E-state index in [4.69, 9.17) is 11.6 Å². The van der Waals surface area contributed by atoms with Gasteiger partial charge in [0.25, 0.3) is 0 Å². The Morgan fingerprint density at radius 1 is 1.07 bits per heavy atom. The van der Waals surface area contributed by atoms with E-state index in [-0.39, 0.29) is 5.91 Å². The molecule has 150 valence electrons. The Balaban J connectivity index is 1.38. The van der Waals surface area contributed by atoms with Gasteiger partial charge in [-0.2, -0.15) is 5.10 Å². The van der Waals surface area contributed by atoms with Gasteiger partial charge in [0.2, 0.25) is 5.91 Å². The molecular weight excluding hydrogens is 382 g/mol. The highest BCUT2D eigenvalue weighted by molar-refractivity contribution is 6.30. The molecule has 0 spiro atoms. The van der Waals surface area contributed by atoms with Crippen LogP contribution in [-0.4, -0.2) is 22.2 Å². The van der Waals surface area contributed by atoms with Gasteiger partial charge in [0.1, 0.15) is 0 Å². The van der Waals surface area contributed by atoms with E-state index >= 15 is 0 Å². The summed E-state index contributed by atoms with van der Waals surface area (Å²) < 4.78 is 1.80. The molecule has 3 aromatic rings. The molecule has 0 saturated heterocycles. The molecule has 29 heavy (non-hydrogen) atoms. The molecule has 2 aromatic carbocycles. The molecule has 1 heterocycles. The van der Waals surface area contributed by atoms with E-state index in [0.29, 0.717) is 11.6 Å². The van der Waals surface area contributed by atoms with Crippen LogP contribution in [0.1, 0.15) is 36.8 Å². The first-order chi connectivity index (χ1) is 14.1. The normalized spacial score (nSPS) is 15.4. The molecule has 1 fully saturated rings. The van der Waals surface area contributed by atoms with Crippen molar-refractivity contribution < 1.29 is 4.79 Å². The van der Waals surface area contributed by atoms with E-state index in [2.05, 4.69) is 34.7 Å². The summed E-state index contributed by atoms with van der Waals surface area (Å²) in [5, 5.41) is 8.12. The summed E-state index contributed by atoms with van der Waals surface area (Å²) in [6.07, 6.45) is 8.67. The molecule has 4 nitrogen and oxygen atoms in total. The lowest BCUT2D eigenvalue weighted by Crippen LogP contribution is -2.43. The lowest BCUT2D eigenvalue weighted by molar-refractivity contribution is -0.126. The van der Waals surface area contributed by atoms with Gasteiger partial charge < -0.3 is 5.32 Å². The number of aryl methyl sites for hydroxylation is 1. The maximum atomic E-state index is 13.1. The minimum Gasteiger partial charge on any atom is -0.355 e. The highest BCUT2D eigenvalue weighted by Gasteiger charge is 2.42. The molecule has 5 heteroatoms. The fraction of sp³-hybridized carbons (Fsp3) is 0.333. The second-order valence-electron chi connectivity index (χ2n) is 7.90. The Bertz CT molecular complexity index is 970. The Labute approximate surface area is 176 Å². The van der Waals surface area contributed by atoms with Crippen molar-refractivity contribution in [3.63, 3.8) is 0 Å². The minimum absolute atomic E-state index is 0.143. The van der Waals surface area contributed by atoms with Crippen molar-refractivity contribution >= 4 is 17.5 Å². The van der Waals surface area contributed by atoms with Crippen LogP contribution in [0.25, 0.3) is 11.1 Å². The van der Waals surface area contributed by atoms with Gasteiger partial charge in [-0.1, -0.05) is 60.8 Å². The summed E-state index contributed by atoms with van der Waals surface area (Å²) in [5.41, 5.74) is 4.15. The largest absolute Gasteiger partial charge is 0.355 e. The SMILES string of the molecule is Cn1cc(-c2ccc(CCNC(=O)C3(c4ccc(Cl)cc4)CCCC3)cc2)cn1. The standard InChI is InChI=1S/C24H26ClN3O/c1-28-17-20(16-27-28)19-6-4-18(5-7-19)12-15-26-23(29)24(13-2-3-14-24)21-8-10-22(25)11-9-21/h4-11,16-17H,2-3,12-15H2,1H3,(H,26,29). The van der Waals surface area contributed by atoms with Crippen molar-refractivity contribution in [2.24, 2.45) is 7.05 Å². The van der Waals surface area contributed by atoms with Gasteiger partial charge in [-0.05, 0) is 48.1 Å². The van der Waals surface area contributed by atoms with Crippen molar-refractivity contribution in [3.8, 4) is 11.1 Å². The van der Waals surface area contributed by atoms with E-state index in [9.17, 15) is 4.79 Å². The second kappa shape index (κ2) is 8.42. The Kier molecular flexibility index (Phi) is 5.72. The predicted octanol–water partition coefficient (Wildman–Crippen LogP) is 4.91. The van der Waals surface area contributed by atoms with Gasteiger partial charge in [0.05, 0.1) is 11.6 Å². The number of benzene rings is 2. The van der Waals surface area contributed by atoms with E-state index < -0.39 is 5.41 Å². The van der Waals surface area contributed by atoms with Crippen molar-refractivity contribution in [2.75, 3.05) is 6.54 Å². The van der Waals surface area contributed by atoms with Gasteiger partial charge in [-0.25, -0.2) is 0 Å². The van der Waals surface area contributed by atoms with Crippen LogP contribution >= 0.6 is 11.6 Å².